The van der Waals surface area contributed by atoms with Crippen LogP contribution in [0.4, 0.5) is 0 Å². The first-order valence-electron chi connectivity index (χ1n) is 3.35. The molecule has 0 fully saturated rings. The second-order valence-corrected chi connectivity index (χ2v) is 1.82. The summed E-state index contributed by atoms with van der Waals surface area (Å²) in [6.45, 7) is 6.08. The maximum Gasteiger partial charge on any atom is 0.223 e. The fraction of sp³-hybridized carbons (Fsp3) is 0.375. The van der Waals surface area contributed by atoms with Gasteiger partial charge < -0.3 is 5.32 Å². The van der Waals surface area contributed by atoms with Crippen molar-refractivity contribution < 1.29 is 4.79 Å². The third kappa shape index (κ3) is 5.09. The molecular weight excluding hydrogens is 126 g/mol. The molecular formula is C8H13NO. The van der Waals surface area contributed by atoms with Crippen molar-refractivity contribution in [2.45, 2.75) is 13.3 Å². The van der Waals surface area contributed by atoms with Gasteiger partial charge in [-0.15, -0.1) is 0 Å². The molecule has 0 atom stereocenters. The first-order chi connectivity index (χ1) is 4.81. The van der Waals surface area contributed by atoms with Gasteiger partial charge in [-0.1, -0.05) is 24.8 Å². The monoisotopic (exact) mass is 139 g/mol. The van der Waals surface area contributed by atoms with E-state index in [2.05, 4.69) is 11.9 Å². The Labute approximate surface area is 61.6 Å². The van der Waals surface area contributed by atoms with Gasteiger partial charge in [-0.25, -0.2) is 0 Å². The zero-order chi connectivity index (χ0) is 7.82. The predicted molar refractivity (Wildman–Crippen MR) is 42.6 cm³/mol. The van der Waals surface area contributed by atoms with Crippen LogP contribution in [0.3, 0.4) is 0 Å². The number of hydrogen-bond acceptors (Lipinski definition) is 1. The normalized spacial score (nSPS) is 9.70. The number of rotatable bonds is 4. The van der Waals surface area contributed by atoms with Crippen molar-refractivity contribution in [1.29, 1.82) is 0 Å². The van der Waals surface area contributed by atoms with Gasteiger partial charge in [-0.05, 0) is 6.92 Å². The van der Waals surface area contributed by atoms with Crippen molar-refractivity contribution in [2.24, 2.45) is 0 Å². The van der Waals surface area contributed by atoms with Gasteiger partial charge in [0.1, 0.15) is 0 Å². The Balaban J connectivity index is 3.38. The molecule has 56 valence electrons. The molecule has 0 unspecified atom stereocenters. The fourth-order valence-corrected chi connectivity index (χ4v) is 0.541. The molecule has 1 N–H and O–H groups in total. The van der Waals surface area contributed by atoms with Gasteiger partial charge in [0.15, 0.2) is 0 Å². The summed E-state index contributed by atoms with van der Waals surface area (Å²) in [5, 5.41) is 2.68. The van der Waals surface area contributed by atoms with E-state index in [0.29, 0.717) is 13.0 Å². The topological polar surface area (TPSA) is 29.1 Å². The lowest BCUT2D eigenvalue weighted by Crippen LogP contribution is -2.21. The zero-order valence-corrected chi connectivity index (χ0v) is 6.26. The van der Waals surface area contributed by atoms with Crippen molar-refractivity contribution in [2.75, 3.05) is 6.54 Å². The SMILES string of the molecule is C=C/C=C/CC(=O)NCC. The lowest BCUT2D eigenvalue weighted by atomic mass is 10.3. The number of hydrogen-bond donors (Lipinski definition) is 1. The van der Waals surface area contributed by atoms with Gasteiger partial charge in [0, 0.05) is 13.0 Å². The quantitative estimate of drug-likeness (QED) is 0.583. The molecule has 0 aliphatic carbocycles. The average molecular weight is 139 g/mol. The largest absolute Gasteiger partial charge is 0.356 e. The Hall–Kier alpha value is -1.05. The Morgan fingerprint density at radius 3 is 2.90 bits per heavy atom. The van der Waals surface area contributed by atoms with Crippen LogP contribution in [-0.2, 0) is 4.79 Å². The van der Waals surface area contributed by atoms with E-state index in [-0.39, 0.29) is 5.91 Å². The standard InChI is InChI=1S/C8H13NO/c1-3-5-6-7-8(10)9-4-2/h3,5-6H,1,4,7H2,2H3,(H,9,10)/b6-5+. The molecule has 0 bridgehead atoms. The molecule has 0 radical (unpaired) electrons. The van der Waals surface area contributed by atoms with Gasteiger partial charge in [0.25, 0.3) is 0 Å². The Morgan fingerprint density at radius 1 is 1.70 bits per heavy atom. The number of amides is 1. The smallest absolute Gasteiger partial charge is 0.223 e. The molecule has 1 amide bonds. The number of allylic oxidation sites excluding steroid dienone is 2. The van der Waals surface area contributed by atoms with Gasteiger partial charge in [-0.3, -0.25) is 4.79 Å². The van der Waals surface area contributed by atoms with Crippen LogP contribution in [0.25, 0.3) is 0 Å². The molecule has 0 aromatic carbocycles. The predicted octanol–water partition coefficient (Wildman–Crippen LogP) is 1.25. The highest BCUT2D eigenvalue weighted by Gasteiger charge is 1.91. The highest BCUT2D eigenvalue weighted by Crippen LogP contribution is 1.82. The zero-order valence-electron chi connectivity index (χ0n) is 6.26. The maximum atomic E-state index is 10.7. The minimum absolute atomic E-state index is 0.0561. The molecule has 10 heavy (non-hydrogen) atoms. The molecule has 0 heterocycles. The van der Waals surface area contributed by atoms with Crippen molar-refractivity contribution in [1.82, 2.24) is 5.32 Å². The van der Waals surface area contributed by atoms with Gasteiger partial charge >= 0.3 is 0 Å². The molecule has 0 aliphatic rings. The first kappa shape index (κ1) is 8.95. The van der Waals surface area contributed by atoms with Gasteiger partial charge in [0.2, 0.25) is 5.91 Å². The van der Waals surface area contributed by atoms with E-state index in [1.165, 1.54) is 0 Å². The van der Waals surface area contributed by atoms with Crippen molar-refractivity contribution in [3.8, 4) is 0 Å². The lowest BCUT2D eigenvalue weighted by molar-refractivity contribution is -0.120. The van der Waals surface area contributed by atoms with Crippen LogP contribution in [0, 0.1) is 0 Å². The summed E-state index contributed by atoms with van der Waals surface area (Å²) in [6, 6.07) is 0. The minimum Gasteiger partial charge on any atom is -0.356 e. The van der Waals surface area contributed by atoms with E-state index in [9.17, 15) is 4.79 Å². The second-order valence-electron chi connectivity index (χ2n) is 1.82. The molecule has 0 aliphatic heterocycles. The minimum atomic E-state index is 0.0561. The summed E-state index contributed by atoms with van der Waals surface area (Å²) in [5.74, 6) is 0.0561. The van der Waals surface area contributed by atoms with Crippen molar-refractivity contribution in [3.05, 3.63) is 24.8 Å². The summed E-state index contributed by atoms with van der Waals surface area (Å²) in [4.78, 5) is 10.7. The van der Waals surface area contributed by atoms with E-state index in [4.69, 9.17) is 0 Å². The summed E-state index contributed by atoms with van der Waals surface area (Å²) >= 11 is 0. The van der Waals surface area contributed by atoms with E-state index in [1.54, 1.807) is 18.2 Å². The van der Waals surface area contributed by atoms with Crippen LogP contribution in [0.15, 0.2) is 24.8 Å². The highest BCUT2D eigenvalue weighted by molar-refractivity contribution is 5.77. The van der Waals surface area contributed by atoms with E-state index in [0.717, 1.165) is 0 Å². The lowest BCUT2D eigenvalue weighted by Gasteiger charge is -1.95. The van der Waals surface area contributed by atoms with Gasteiger partial charge in [-0.2, -0.15) is 0 Å². The highest BCUT2D eigenvalue weighted by atomic mass is 16.1. The Bertz CT molecular complexity index is 138. The third-order valence-electron chi connectivity index (χ3n) is 0.949. The number of carbonyl (C=O) groups excluding carboxylic acids is 1. The number of nitrogens with one attached hydrogen (secondary N) is 1. The third-order valence-corrected chi connectivity index (χ3v) is 0.949. The number of carbonyl (C=O) groups is 1. The van der Waals surface area contributed by atoms with Crippen molar-refractivity contribution in [3.63, 3.8) is 0 Å². The molecule has 2 heteroatoms. The Kier molecular flexibility index (Phi) is 5.44. The van der Waals surface area contributed by atoms with E-state index >= 15 is 0 Å². The van der Waals surface area contributed by atoms with E-state index in [1.807, 2.05) is 6.92 Å². The summed E-state index contributed by atoms with van der Waals surface area (Å²) in [6.07, 6.45) is 5.63. The van der Waals surface area contributed by atoms with Gasteiger partial charge in [0.05, 0.1) is 0 Å². The molecule has 0 spiro atoms. The molecule has 2 nitrogen and oxygen atoms in total. The maximum absolute atomic E-state index is 10.7. The summed E-state index contributed by atoms with van der Waals surface area (Å²) < 4.78 is 0. The molecule has 0 aromatic rings. The van der Waals surface area contributed by atoms with Crippen LogP contribution in [0.1, 0.15) is 13.3 Å². The van der Waals surface area contributed by atoms with Crippen LogP contribution >= 0.6 is 0 Å². The Morgan fingerprint density at radius 2 is 2.40 bits per heavy atom. The summed E-state index contributed by atoms with van der Waals surface area (Å²) in [5.41, 5.74) is 0. The second kappa shape index (κ2) is 6.08. The van der Waals surface area contributed by atoms with Crippen LogP contribution in [-0.4, -0.2) is 12.5 Å². The fourth-order valence-electron chi connectivity index (χ4n) is 0.541. The van der Waals surface area contributed by atoms with Crippen LogP contribution in [0.5, 0.6) is 0 Å². The van der Waals surface area contributed by atoms with Crippen LogP contribution in [0.2, 0.25) is 0 Å². The van der Waals surface area contributed by atoms with Crippen LogP contribution < -0.4 is 5.32 Å². The molecule has 0 aromatic heterocycles. The summed E-state index contributed by atoms with van der Waals surface area (Å²) in [7, 11) is 0. The van der Waals surface area contributed by atoms with E-state index < -0.39 is 0 Å². The van der Waals surface area contributed by atoms with Crippen molar-refractivity contribution >= 4 is 5.91 Å². The molecule has 0 rings (SSSR count). The first-order valence-corrected chi connectivity index (χ1v) is 3.35. The average Bonchev–Trinajstić information content (AvgIpc) is 1.89. The molecule has 0 saturated carbocycles. The molecule has 0 saturated heterocycles.